The van der Waals surface area contributed by atoms with Gasteiger partial charge in [0, 0.05) is 12.1 Å². The van der Waals surface area contributed by atoms with Crippen molar-refractivity contribution in [2.24, 2.45) is 5.73 Å². The Balaban J connectivity index is 2.56. The molecule has 0 saturated carbocycles. The molecule has 0 aliphatic heterocycles. The second kappa shape index (κ2) is 9.40. The molecule has 0 fully saturated rings. The zero-order valence-corrected chi connectivity index (χ0v) is 13.4. The fourth-order valence-corrected chi connectivity index (χ4v) is 2.15. The van der Waals surface area contributed by atoms with Gasteiger partial charge in [-0.1, -0.05) is 39.0 Å². The smallest absolute Gasteiger partial charge is 0.258 e. The summed E-state index contributed by atoms with van der Waals surface area (Å²) in [7, 11) is 0. The third-order valence-corrected chi connectivity index (χ3v) is 3.69. The van der Waals surface area contributed by atoms with Crippen LogP contribution in [0.1, 0.15) is 45.6 Å². The van der Waals surface area contributed by atoms with Gasteiger partial charge in [0.25, 0.3) is 5.91 Å². The van der Waals surface area contributed by atoms with Gasteiger partial charge < -0.3 is 15.8 Å². The molecule has 3 N–H and O–H groups in total. The summed E-state index contributed by atoms with van der Waals surface area (Å²) in [4.78, 5) is 11.9. The summed E-state index contributed by atoms with van der Waals surface area (Å²) < 4.78 is 5.67. The van der Waals surface area contributed by atoms with E-state index in [0.29, 0.717) is 0 Å². The Labute approximate surface area is 128 Å². The van der Waals surface area contributed by atoms with E-state index in [9.17, 15) is 4.79 Å². The highest BCUT2D eigenvalue weighted by Crippen LogP contribution is 2.19. The molecule has 4 heteroatoms. The monoisotopic (exact) mass is 292 g/mol. The first kappa shape index (κ1) is 17.5. The number of carbonyl (C=O) groups is 1. The van der Waals surface area contributed by atoms with Crippen molar-refractivity contribution < 1.29 is 9.53 Å². The summed E-state index contributed by atoms with van der Waals surface area (Å²) in [6.07, 6.45) is 3.55. The third-order valence-electron chi connectivity index (χ3n) is 3.69. The molecule has 0 heterocycles. The van der Waals surface area contributed by atoms with Gasteiger partial charge >= 0.3 is 0 Å². The molecule has 1 atom stereocenters. The van der Waals surface area contributed by atoms with Gasteiger partial charge in [0.1, 0.15) is 5.75 Å². The molecule has 0 saturated heterocycles. The lowest BCUT2D eigenvalue weighted by molar-refractivity contribution is -0.123. The van der Waals surface area contributed by atoms with Crippen molar-refractivity contribution in [1.29, 1.82) is 0 Å². The van der Waals surface area contributed by atoms with Crippen molar-refractivity contribution in [3.63, 3.8) is 0 Å². The maximum absolute atomic E-state index is 11.9. The second-order valence-corrected chi connectivity index (χ2v) is 5.35. The minimum Gasteiger partial charge on any atom is -0.483 e. The molecular formula is C17H28N2O2. The van der Waals surface area contributed by atoms with Gasteiger partial charge in [-0.25, -0.2) is 0 Å². The van der Waals surface area contributed by atoms with Crippen molar-refractivity contribution in [3.8, 4) is 5.75 Å². The summed E-state index contributed by atoms with van der Waals surface area (Å²) >= 11 is 0. The van der Waals surface area contributed by atoms with E-state index in [1.165, 1.54) is 0 Å². The SMILES string of the molecule is CCC(N)Cc1ccccc1OCC(=O)NC(CC)CC. The van der Waals surface area contributed by atoms with E-state index in [2.05, 4.69) is 26.1 Å². The molecule has 0 spiro atoms. The number of para-hydroxylation sites is 1. The number of hydrogen-bond donors (Lipinski definition) is 2. The van der Waals surface area contributed by atoms with Crippen LogP contribution in [0.15, 0.2) is 24.3 Å². The van der Waals surface area contributed by atoms with Crippen LogP contribution in [0.2, 0.25) is 0 Å². The predicted octanol–water partition coefficient (Wildman–Crippen LogP) is 2.65. The maximum Gasteiger partial charge on any atom is 0.258 e. The number of nitrogens with two attached hydrogens (primary N) is 1. The quantitative estimate of drug-likeness (QED) is 0.735. The molecule has 118 valence electrons. The van der Waals surface area contributed by atoms with E-state index in [4.69, 9.17) is 10.5 Å². The van der Waals surface area contributed by atoms with E-state index in [-0.39, 0.29) is 24.6 Å². The van der Waals surface area contributed by atoms with Crippen LogP contribution in [0.5, 0.6) is 5.75 Å². The molecule has 4 nitrogen and oxygen atoms in total. The normalized spacial score (nSPS) is 12.2. The Kier molecular flexibility index (Phi) is 7.83. The highest BCUT2D eigenvalue weighted by Gasteiger charge is 2.11. The highest BCUT2D eigenvalue weighted by molar-refractivity contribution is 5.77. The summed E-state index contributed by atoms with van der Waals surface area (Å²) in [5.41, 5.74) is 7.05. The Hall–Kier alpha value is -1.55. The number of nitrogens with one attached hydrogen (secondary N) is 1. The van der Waals surface area contributed by atoms with Gasteiger partial charge in [-0.05, 0) is 37.3 Å². The number of ether oxygens (including phenoxy) is 1. The van der Waals surface area contributed by atoms with Gasteiger partial charge in [-0.2, -0.15) is 0 Å². The average Bonchev–Trinajstić information content (AvgIpc) is 2.51. The molecule has 1 amide bonds. The summed E-state index contributed by atoms with van der Waals surface area (Å²) in [6.45, 7) is 6.25. The second-order valence-electron chi connectivity index (χ2n) is 5.35. The van der Waals surface area contributed by atoms with Gasteiger partial charge in [0.2, 0.25) is 0 Å². The van der Waals surface area contributed by atoms with Crippen LogP contribution in [0.25, 0.3) is 0 Å². The lowest BCUT2D eigenvalue weighted by Gasteiger charge is -2.17. The van der Waals surface area contributed by atoms with Crippen LogP contribution in [-0.4, -0.2) is 24.6 Å². The van der Waals surface area contributed by atoms with Crippen molar-refractivity contribution in [2.75, 3.05) is 6.61 Å². The first-order valence-corrected chi connectivity index (χ1v) is 7.86. The van der Waals surface area contributed by atoms with E-state index < -0.39 is 0 Å². The fraction of sp³-hybridized carbons (Fsp3) is 0.588. The Morgan fingerprint density at radius 2 is 1.86 bits per heavy atom. The molecule has 0 aromatic heterocycles. The lowest BCUT2D eigenvalue weighted by Crippen LogP contribution is -2.37. The first-order valence-electron chi connectivity index (χ1n) is 7.86. The largest absolute Gasteiger partial charge is 0.483 e. The topological polar surface area (TPSA) is 64.3 Å². The Morgan fingerprint density at radius 3 is 2.48 bits per heavy atom. The fourth-order valence-electron chi connectivity index (χ4n) is 2.15. The van der Waals surface area contributed by atoms with E-state index >= 15 is 0 Å². The van der Waals surface area contributed by atoms with Crippen molar-refractivity contribution in [1.82, 2.24) is 5.32 Å². The summed E-state index contributed by atoms with van der Waals surface area (Å²) in [5, 5.41) is 2.97. The molecular weight excluding hydrogens is 264 g/mol. The average molecular weight is 292 g/mol. The zero-order chi connectivity index (χ0) is 15.7. The van der Waals surface area contributed by atoms with Crippen LogP contribution < -0.4 is 15.8 Å². The van der Waals surface area contributed by atoms with Crippen molar-refractivity contribution >= 4 is 5.91 Å². The standard InChI is InChI=1S/C17H28N2O2/c1-4-14(18)11-13-9-7-8-10-16(13)21-12-17(20)19-15(5-2)6-3/h7-10,14-15H,4-6,11-12,18H2,1-3H3,(H,19,20). The molecule has 1 aromatic carbocycles. The molecule has 0 radical (unpaired) electrons. The molecule has 1 unspecified atom stereocenters. The van der Waals surface area contributed by atoms with Crippen LogP contribution in [0.4, 0.5) is 0 Å². The van der Waals surface area contributed by atoms with Gasteiger partial charge in [-0.3, -0.25) is 4.79 Å². The number of rotatable bonds is 9. The highest BCUT2D eigenvalue weighted by atomic mass is 16.5. The van der Waals surface area contributed by atoms with Crippen molar-refractivity contribution in [2.45, 2.75) is 58.5 Å². The van der Waals surface area contributed by atoms with E-state index in [1.54, 1.807) is 0 Å². The number of hydrogen-bond acceptors (Lipinski definition) is 3. The lowest BCUT2D eigenvalue weighted by atomic mass is 10.0. The van der Waals surface area contributed by atoms with Crippen LogP contribution in [0.3, 0.4) is 0 Å². The van der Waals surface area contributed by atoms with Gasteiger partial charge in [0.05, 0.1) is 0 Å². The Bertz CT molecular complexity index is 431. The minimum absolute atomic E-state index is 0.0505. The van der Waals surface area contributed by atoms with Crippen molar-refractivity contribution in [3.05, 3.63) is 29.8 Å². The maximum atomic E-state index is 11.9. The number of benzene rings is 1. The third kappa shape index (κ3) is 6.17. The number of amides is 1. The molecule has 0 aliphatic carbocycles. The first-order chi connectivity index (χ1) is 10.1. The molecule has 0 bridgehead atoms. The van der Waals surface area contributed by atoms with E-state index in [0.717, 1.165) is 37.0 Å². The molecule has 0 aliphatic rings. The number of carbonyl (C=O) groups excluding carboxylic acids is 1. The molecule has 1 rings (SSSR count). The zero-order valence-electron chi connectivity index (χ0n) is 13.4. The molecule has 21 heavy (non-hydrogen) atoms. The van der Waals surface area contributed by atoms with Crippen LogP contribution >= 0.6 is 0 Å². The molecule has 1 aromatic rings. The van der Waals surface area contributed by atoms with Crippen LogP contribution in [-0.2, 0) is 11.2 Å². The van der Waals surface area contributed by atoms with Gasteiger partial charge in [-0.15, -0.1) is 0 Å². The van der Waals surface area contributed by atoms with E-state index in [1.807, 2.05) is 24.3 Å². The summed E-state index contributed by atoms with van der Waals surface area (Å²) in [5.74, 6) is 0.680. The Morgan fingerprint density at radius 1 is 1.19 bits per heavy atom. The van der Waals surface area contributed by atoms with Gasteiger partial charge in [0.15, 0.2) is 6.61 Å². The van der Waals surface area contributed by atoms with Crippen LogP contribution in [0, 0.1) is 0 Å². The predicted molar refractivity (Wildman–Crippen MR) is 86.4 cm³/mol. The summed E-state index contributed by atoms with van der Waals surface area (Å²) in [6, 6.07) is 8.12. The minimum atomic E-state index is -0.0710.